The van der Waals surface area contributed by atoms with Crippen LogP contribution in [-0.4, -0.2) is 62.2 Å². The van der Waals surface area contributed by atoms with Gasteiger partial charge in [-0.15, -0.1) is 0 Å². The lowest BCUT2D eigenvalue weighted by Gasteiger charge is -2.49. The van der Waals surface area contributed by atoms with Crippen LogP contribution in [0.4, 0.5) is 0 Å². The molecule has 7 rings (SSSR count). The summed E-state index contributed by atoms with van der Waals surface area (Å²) in [6.07, 6.45) is 10.5. The van der Waals surface area contributed by atoms with Crippen LogP contribution in [0.5, 0.6) is 0 Å². The van der Waals surface area contributed by atoms with E-state index in [0.717, 1.165) is 53.5 Å². The molecule has 5 aromatic rings. The number of azide groups is 1. The molecule has 0 radical (unpaired) electrons. The first-order chi connectivity index (χ1) is 34.7. The first-order valence-electron chi connectivity index (χ1n) is 25.9. The Morgan fingerprint density at radius 2 is 1.01 bits per heavy atom. The minimum atomic E-state index is -0.961. The fourth-order valence-corrected chi connectivity index (χ4v) is 9.35. The molecule has 0 unspecified atom stereocenters. The molecule has 2 saturated heterocycles. The summed E-state index contributed by atoms with van der Waals surface area (Å²) in [5.74, 6) is 0. The fraction of sp³-hybridized carbons (Fsp3) is 0.492. The van der Waals surface area contributed by atoms with Crippen LogP contribution in [0.25, 0.3) is 10.4 Å². The molecule has 11 nitrogen and oxygen atoms in total. The van der Waals surface area contributed by atoms with Gasteiger partial charge in [0.05, 0.1) is 57.9 Å². The van der Waals surface area contributed by atoms with Gasteiger partial charge >= 0.3 is 0 Å². The van der Waals surface area contributed by atoms with E-state index in [0.29, 0.717) is 19.8 Å². The molecule has 374 valence electrons. The van der Waals surface area contributed by atoms with Gasteiger partial charge in [-0.1, -0.05) is 241 Å². The van der Waals surface area contributed by atoms with E-state index in [1.807, 2.05) is 140 Å². The average Bonchev–Trinajstić information content (AvgIpc) is 3.41. The van der Waals surface area contributed by atoms with Crippen molar-refractivity contribution in [3.8, 4) is 0 Å². The summed E-state index contributed by atoms with van der Waals surface area (Å²) in [5, 5.41) is 4.42. The Kier molecular flexibility index (Phi) is 23.2. The van der Waals surface area contributed by atoms with Crippen molar-refractivity contribution in [2.45, 2.75) is 172 Å². The molecule has 11 heteroatoms. The van der Waals surface area contributed by atoms with E-state index in [4.69, 9.17) is 37.9 Å². The maximum Gasteiger partial charge on any atom is 0.186 e. The van der Waals surface area contributed by atoms with Gasteiger partial charge in [-0.05, 0) is 34.2 Å². The van der Waals surface area contributed by atoms with Crippen molar-refractivity contribution in [2.24, 2.45) is 5.11 Å². The Labute approximate surface area is 416 Å². The smallest absolute Gasteiger partial charge is 0.186 e. The number of benzene rings is 5. The highest BCUT2D eigenvalue weighted by molar-refractivity contribution is 5.18. The lowest BCUT2D eigenvalue weighted by molar-refractivity contribution is -0.373. The van der Waals surface area contributed by atoms with Crippen molar-refractivity contribution in [2.75, 3.05) is 13.2 Å². The number of unbranched alkanes of at least 4 members (excludes halogenated alkanes) is 11. The molecule has 70 heavy (non-hydrogen) atoms. The number of hydrogen-bond acceptors (Lipinski definition) is 9. The number of nitrogens with zero attached hydrogens (tertiary/aromatic N) is 3. The van der Waals surface area contributed by atoms with Crippen LogP contribution in [0.3, 0.4) is 0 Å². The van der Waals surface area contributed by atoms with Gasteiger partial charge in [0, 0.05) is 10.5 Å². The standard InChI is InChI=1S/C59H75N3O8/c1-2-3-4-5-6-7-8-9-10-11-12-28-39-52(63-40-46-29-18-13-19-30-46)54(64-41-47-31-20-14-21-32-47)51(61-62-60)44-67-59-57(66-43-49-35-24-16-25-36-49)56(65-42-48-33-22-15-23-34-48)55-53(69-59)45-68-58(70-55)50-37-26-17-27-38-50/h13-27,29-38,51-59H,2-12,28,39-45H2,1H3/t51-,52+,53+,54-,55-,56-,57+,58-,59-/m0/s1. The van der Waals surface area contributed by atoms with E-state index in [2.05, 4.69) is 29.1 Å². The van der Waals surface area contributed by atoms with E-state index in [-0.39, 0.29) is 19.8 Å². The predicted molar refractivity (Wildman–Crippen MR) is 273 cm³/mol. The molecular weight excluding hydrogens is 879 g/mol. The van der Waals surface area contributed by atoms with Crippen LogP contribution >= 0.6 is 0 Å². The highest BCUT2D eigenvalue weighted by atomic mass is 16.8. The zero-order valence-corrected chi connectivity index (χ0v) is 41.2. The summed E-state index contributed by atoms with van der Waals surface area (Å²) in [5.41, 5.74) is 15.2. The van der Waals surface area contributed by atoms with Gasteiger partial charge in [0.1, 0.15) is 24.4 Å². The summed E-state index contributed by atoms with van der Waals surface area (Å²) in [4.78, 5) is 3.39. The lowest BCUT2D eigenvalue weighted by Crippen LogP contribution is -2.64. The van der Waals surface area contributed by atoms with Crippen molar-refractivity contribution in [3.63, 3.8) is 0 Å². The molecule has 2 aliphatic heterocycles. The molecule has 2 heterocycles. The first kappa shape index (κ1) is 52.9. The zero-order chi connectivity index (χ0) is 48.3. The van der Waals surface area contributed by atoms with Crippen LogP contribution < -0.4 is 0 Å². The Balaban J connectivity index is 1.11. The van der Waals surface area contributed by atoms with Gasteiger partial charge < -0.3 is 37.9 Å². The molecule has 0 amide bonds. The third-order valence-corrected chi connectivity index (χ3v) is 13.2. The highest BCUT2D eigenvalue weighted by Crippen LogP contribution is 2.38. The summed E-state index contributed by atoms with van der Waals surface area (Å²) in [7, 11) is 0. The van der Waals surface area contributed by atoms with Crippen LogP contribution in [0.15, 0.2) is 157 Å². The summed E-state index contributed by atoms with van der Waals surface area (Å²) >= 11 is 0. The Bertz CT molecular complexity index is 2170. The molecule has 0 saturated carbocycles. The monoisotopic (exact) mass is 954 g/mol. The molecule has 2 fully saturated rings. The number of hydrogen-bond donors (Lipinski definition) is 0. The molecule has 9 atom stereocenters. The Morgan fingerprint density at radius 1 is 0.543 bits per heavy atom. The van der Waals surface area contributed by atoms with E-state index >= 15 is 0 Å². The third-order valence-electron chi connectivity index (χ3n) is 13.2. The highest BCUT2D eigenvalue weighted by Gasteiger charge is 2.52. The molecular formula is C59H75N3O8. The van der Waals surface area contributed by atoms with Crippen molar-refractivity contribution >= 4 is 0 Å². The maximum atomic E-state index is 10.2. The molecule has 5 aromatic carbocycles. The van der Waals surface area contributed by atoms with E-state index in [1.165, 1.54) is 57.8 Å². The SMILES string of the molecule is CCCCCCCCCCCCCC[C@@H](OCc1ccccc1)[C@@H](OCc1ccccc1)[C@H](CO[C@H]1O[C@@H]2CO[C@H](c3ccccc3)O[C@@H]2[C@H](OCc2ccccc2)[C@H]1OCc1ccccc1)N=[N+]=[N-]. The topological polar surface area (TPSA) is 123 Å². The maximum absolute atomic E-state index is 10.2. The second-order valence-electron chi connectivity index (χ2n) is 18.6. The first-order valence-corrected chi connectivity index (χ1v) is 25.9. The van der Waals surface area contributed by atoms with Gasteiger partial charge in [-0.2, -0.15) is 0 Å². The van der Waals surface area contributed by atoms with Crippen LogP contribution in [-0.2, 0) is 64.3 Å². The molecule has 0 N–H and O–H groups in total. The Morgan fingerprint density at radius 3 is 1.54 bits per heavy atom. The van der Waals surface area contributed by atoms with Gasteiger partial charge in [0.25, 0.3) is 0 Å². The fourth-order valence-electron chi connectivity index (χ4n) is 9.35. The van der Waals surface area contributed by atoms with Crippen molar-refractivity contribution < 1.29 is 37.9 Å². The zero-order valence-electron chi connectivity index (χ0n) is 41.2. The largest absolute Gasteiger partial charge is 0.371 e. The minimum Gasteiger partial charge on any atom is -0.371 e. The average molecular weight is 954 g/mol. The second kappa shape index (κ2) is 30.7. The van der Waals surface area contributed by atoms with Gasteiger partial charge in [-0.3, -0.25) is 0 Å². The minimum absolute atomic E-state index is 0.0415. The van der Waals surface area contributed by atoms with E-state index in [1.54, 1.807) is 0 Å². The quantitative estimate of drug-likeness (QED) is 0.0181. The van der Waals surface area contributed by atoms with E-state index in [9.17, 15) is 5.53 Å². The van der Waals surface area contributed by atoms with Crippen LogP contribution in [0, 0.1) is 0 Å². The summed E-state index contributed by atoms with van der Waals surface area (Å²) < 4.78 is 54.2. The van der Waals surface area contributed by atoms with Crippen LogP contribution in [0.2, 0.25) is 0 Å². The van der Waals surface area contributed by atoms with Crippen LogP contribution in [0.1, 0.15) is 125 Å². The Hall–Kier alpha value is -4.91. The third kappa shape index (κ3) is 17.4. The molecule has 0 spiro atoms. The van der Waals surface area contributed by atoms with Crippen molar-refractivity contribution in [1.82, 2.24) is 0 Å². The predicted octanol–water partition coefficient (Wildman–Crippen LogP) is 14.0. The van der Waals surface area contributed by atoms with Gasteiger partial charge in [-0.25, -0.2) is 0 Å². The number of rotatable bonds is 32. The summed E-state index contributed by atoms with van der Waals surface area (Å²) in [6.45, 7) is 3.72. The molecule has 0 bridgehead atoms. The molecule has 0 aliphatic carbocycles. The van der Waals surface area contributed by atoms with E-state index < -0.39 is 55.2 Å². The number of ether oxygens (including phenoxy) is 8. The normalized spacial score (nSPS) is 21.3. The number of fused-ring (bicyclic) bond motifs is 1. The lowest BCUT2D eigenvalue weighted by atomic mass is 9.96. The molecule has 2 aliphatic rings. The summed E-state index contributed by atoms with van der Waals surface area (Å²) in [6, 6.07) is 49.4. The van der Waals surface area contributed by atoms with Crippen molar-refractivity contribution in [1.29, 1.82) is 0 Å². The van der Waals surface area contributed by atoms with Gasteiger partial charge in [0.2, 0.25) is 0 Å². The second-order valence-corrected chi connectivity index (χ2v) is 18.6. The van der Waals surface area contributed by atoms with Gasteiger partial charge in [0.15, 0.2) is 12.6 Å². The van der Waals surface area contributed by atoms with Crippen molar-refractivity contribution in [3.05, 3.63) is 190 Å². The molecule has 0 aromatic heterocycles.